The van der Waals surface area contributed by atoms with E-state index < -0.39 is 10.0 Å². The largest absolute Gasteiger partial charge is 0.496 e. The Labute approximate surface area is 202 Å². The highest BCUT2D eigenvalue weighted by molar-refractivity contribution is 7.92. The average molecular weight is 481 g/mol. The summed E-state index contributed by atoms with van der Waals surface area (Å²) in [5.41, 5.74) is 4.95. The van der Waals surface area contributed by atoms with Crippen LogP contribution in [0.5, 0.6) is 5.75 Å². The molecule has 3 aromatic rings. The summed E-state index contributed by atoms with van der Waals surface area (Å²) in [6.45, 7) is 4.56. The summed E-state index contributed by atoms with van der Waals surface area (Å²) in [6, 6.07) is 20.7. The summed E-state index contributed by atoms with van der Waals surface area (Å²) in [5, 5.41) is 2.95. The lowest BCUT2D eigenvalue weighted by molar-refractivity contribution is 0.0953. The van der Waals surface area contributed by atoms with Crippen molar-refractivity contribution in [3.63, 3.8) is 0 Å². The van der Waals surface area contributed by atoms with Gasteiger partial charge >= 0.3 is 0 Å². The van der Waals surface area contributed by atoms with Crippen LogP contribution in [-0.2, 0) is 23.0 Å². The normalized spacial score (nSPS) is 11.2. The van der Waals surface area contributed by atoms with E-state index in [0.717, 1.165) is 40.8 Å². The third-order valence-electron chi connectivity index (χ3n) is 5.73. The topological polar surface area (TPSA) is 75.7 Å². The second-order valence-electron chi connectivity index (χ2n) is 8.38. The van der Waals surface area contributed by atoms with Crippen molar-refractivity contribution >= 4 is 21.6 Å². The summed E-state index contributed by atoms with van der Waals surface area (Å²) in [4.78, 5) is 12.5. The first-order valence-corrected chi connectivity index (χ1v) is 13.1. The monoisotopic (exact) mass is 480 g/mol. The molecule has 0 spiro atoms. The Bertz CT molecular complexity index is 1220. The van der Waals surface area contributed by atoms with Crippen molar-refractivity contribution in [3.05, 3.63) is 94.5 Å². The van der Waals surface area contributed by atoms with Crippen LogP contribution in [-0.4, -0.2) is 34.2 Å². The molecule has 6 nitrogen and oxygen atoms in total. The van der Waals surface area contributed by atoms with Gasteiger partial charge in [-0.25, -0.2) is 8.42 Å². The molecule has 0 saturated heterocycles. The van der Waals surface area contributed by atoms with E-state index in [-0.39, 0.29) is 12.5 Å². The van der Waals surface area contributed by atoms with Crippen LogP contribution in [0.4, 0.5) is 5.69 Å². The Morgan fingerprint density at radius 3 is 2.21 bits per heavy atom. The fraction of sp³-hybridized carbons (Fsp3) is 0.296. The van der Waals surface area contributed by atoms with Gasteiger partial charge in [0.1, 0.15) is 5.75 Å². The van der Waals surface area contributed by atoms with Crippen LogP contribution < -0.4 is 14.4 Å². The highest BCUT2D eigenvalue weighted by Gasteiger charge is 2.21. The van der Waals surface area contributed by atoms with E-state index in [2.05, 4.69) is 5.32 Å². The maximum atomic E-state index is 12.6. The summed E-state index contributed by atoms with van der Waals surface area (Å²) in [7, 11) is -1.83. The van der Waals surface area contributed by atoms with Crippen LogP contribution in [0.2, 0.25) is 0 Å². The maximum Gasteiger partial charge on any atom is 0.251 e. The van der Waals surface area contributed by atoms with E-state index in [1.165, 1.54) is 10.6 Å². The zero-order valence-electron chi connectivity index (χ0n) is 20.2. The van der Waals surface area contributed by atoms with Gasteiger partial charge < -0.3 is 10.1 Å². The number of sulfonamides is 1. The van der Waals surface area contributed by atoms with Crippen molar-refractivity contribution in [1.29, 1.82) is 0 Å². The SMILES string of the molecule is COc1ccccc1CCCNC(=O)c1ccc(CN(c2c(C)cccc2C)S(C)(=O)=O)cc1. The van der Waals surface area contributed by atoms with Crippen molar-refractivity contribution in [2.75, 3.05) is 24.2 Å². The Morgan fingerprint density at radius 2 is 1.59 bits per heavy atom. The number of carbonyl (C=O) groups is 1. The molecular formula is C27H32N2O4S. The molecule has 0 radical (unpaired) electrons. The molecule has 0 aliphatic rings. The van der Waals surface area contributed by atoms with Gasteiger partial charge in [-0.15, -0.1) is 0 Å². The maximum absolute atomic E-state index is 12.6. The molecule has 1 N–H and O–H groups in total. The van der Waals surface area contributed by atoms with Crippen LogP contribution >= 0.6 is 0 Å². The molecule has 7 heteroatoms. The summed E-state index contributed by atoms with van der Waals surface area (Å²) >= 11 is 0. The second-order valence-corrected chi connectivity index (χ2v) is 10.3. The first-order chi connectivity index (χ1) is 16.2. The molecule has 0 unspecified atom stereocenters. The van der Waals surface area contributed by atoms with E-state index in [1.54, 1.807) is 31.4 Å². The van der Waals surface area contributed by atoms with Gasteiger partial charge in [-0.3, -0.25) is 9.10 Å². The lowest BCUT2D eigenvalue weighted by atomic mass is 10.1. The number of anilines is 1. The molecule has 0 heterocycles. The smallest absolute Gasteiger partial charge is 0.251 e. The number of methoxy groups -OCH3 is 1. The number of hydrogen-bond acceptors (Lipinski definition) is 4. The standard InChI is InChI=1S/C27H32N2O4S/c1-20-9-7-10-21(2)26(20)29(34(4,31)32)19-22-14-16-24(17-15-22)27(30)28-18-8-12-23-11-5-6-13-25(23)33-3/h5-7,9-11,13-17H,8,12,18-19H2,1-4H3,(H,28,30). The molecule has 0 aliphatic carbocycles. The minimum absolute atomic E-state index is 0.152. The molecule has 0 aromatic heterocycles. The highest BCUT2D eigenvalue weighted by Crippen LogP contribution is 2.28. The Hall–Kier alpha value is -3.32. The number of aryl methyl sites for hydroxylation is 3. The predicted octanol–water partition coefficient (Wildman–Crippen LogP) is 4.64. The van der Waals surface area contributed by atoms with E-state index in [9.17, 15) is 13.2 Å². The van der Waals surface area contributed by atoms with Crippen molar-refractivity contribution < 1.29 is 17.9 Å². The highest BCUT2D eigenvalue weighted by atomic mass is 32.2. The van der Waals surface area contributed by atoms with Crippen molar-refractivity contribution in [2.45, 2.75) is 33.2 Å². The number of carbonyl (C=O) groups excluding carboxylic acids is 1. The van der Waals surface area contributed by atoms with Gasteiger partial charge in [-0.1, -0.05) is 48.5 Å². The molecule has 0 atom stereocenters. The molecule has 0 aliphatic heterocycles. The van der Waals surface area contributed by atoms with Crippen LogP contribution in [0.3, 0.4) is 0 Å². The Morgan fingerprint density at radius 1 is 0.941 bits per heavy atom. The summed E-state index contributed by atoms with van der Waals surface area (Å²) in [6.07, 6.45) is 2.82. The Kier molecular flexibility index (Phi) is 8.34. The van der Waals surface area contributed by atoms with Gasteiger partial charge in [0.25, 0.3) is 5.91 Å². The number of ether oxygens (including phenoxy) is 1. The number of benzene rings is 3. The number of rotatable bonds is 10. The second kappa shape index (κ2) is 11.2. The minimum Gasteiger partial charge on any atom is -0.496 e. The first-order valence-electron chi connectivity index (χ1n) is 11.2. The number of para-hydroxylation sites is 2. The summed E-state index contributed by atoms with van der Waals surface area (Å²) in [5.74, 6) is 0.703. The van der Waals surface area contributed by atoms with Gasteiger partial charge in [-0.2, -0.15) is 0 Å². The lowest BCUT2D eigenvalue weighted by Gasteiger charge is -2.26. The number of nitrogens with one attached hydrogen (secondary N) is 1. The molecule has 1 amide bonds. The molecule has 180 valence electrons. The van der Waals surface area contributed by atoms with Gasteiger partial charge in [-0.05, 0) is 67.1 Å². The van der Waals surface area contributed by atoms with E-state index >= 15 is 0 Å². The summed E-state index contributed by atoms with van der Waals surface area (Å²) < 4.78 is 31.9. The van der Waals surface area contributed by atoms with E-state index in [1.807, 2.05) is 56.3 Å². The van der Waals surface area contributed by atoms with E-state index in [0.29, 0.717) is 17.8 Å². The van der Waals surface area contributed by atoms with Crippen molar-refractivity contribution in [2.24, 2.45) is 0 Å². The number of nitrogens with zero attached hydrogens (tertiary/aromatic N) is 1. The minimum atomic E-state index is -3.49. The first kappa shape index (κ1) is 25.3. The van der Waals surface area contributed by atoms with Crippen molar-refractivity contribution in [3.8, 4) is 5.75 Å². The zero-order chi connectivity index (χ0) is 24.7. The molecule has 0 saturated carbocycles. The van der Waals surface area contributed by atoms with Crippen LogP contribution in [0.1, 0.15) is 39.0 Å². The molecule has 3 rings (SSSR count). The van der Waals surface area contributed by atoms with Crippen LogP contribution in [0, 0.1) is 13.8 Å². The van der Waals surface area contributed by atoms with Crippen LogP contribution in [0.25, 0.3) is 0 Å². The number of hydrogen-bond donors (Lipinski definition) is 1. The van der Waals surface area contributed by atoms with Gasteiger partial charge in [0.05, 0.1) is 25.6 Å². The molecule has 0 bridgehead atoms. The molecular weight excluding hydrogens is 448 g/mol. The van der Waals surface area contributed by atoms with Gasteiger partial charge in [0, 0.05) is 12.1 Å². The zero-order valence-corrected chi connectivity index (χ0v) is 21.0. The lowest BCUT2D eigenvalue weighted by Crippen LogP contribution is -2.30. The third-order valence-corrected chi connectivity index (χ3v) is 6.84. The number of amides is 1. The van der Waals surface area contributed by atoms with Crippen molar-refractivity contribution in [1.82, 2.24) is 5.32 Å². The molecule has 0 fully saturated rings. The molecule has 3 aromatic carbocycles. The Balaban J connectivity index is 1.62. The van der Waals surface area contributed by atoms with Crippen LogP contribution in [0.15, 0.2) is 66.7 Å². The predicted molar refractivity (Wildman–Crippen MR) is 137 cm³/mol. The fourth-order valence-electron chi connectivity index (χ4n) is 3.98. The fourth-order valence-corrected chi connectivity index (χ4v) is 4.98. The quantitative estimate of drug-likeness (QED) is 0.429. The van der Waals surface area contributed by atoms with E-state index in [4.69, 9.17) is 4.74 Å². The van der Waals surface area contributed by atoms with Gasteiger partial charge in [0.2, 0.25) is 10.0 Å². The third kappa shape index (κ3) is 6.38. The molecule has 34 heavy (non-hydrogen) atoms. The average Bonchev–Trinajstić information content (AvgIpc) is 2.81. The van der Waals surface area contributed by atoms with Gasteiger partial charge in [0.15, 0.2) is 0 Å².